The van der Waals surface area contributed by atoms with Gasteiger partial charge in [-0.2, -0.15) is 0 Å². The normalized spacial score (nSPS) is 16.1. The molecule has 1 aromatic carbocycles. The van der Waals surface area contributed by atoms with Gasteiger partial charge in [-0.05, 0) is 45.2 Å². The summed E-state index contributed by atoms with van der Waals surface area (Å²) in [6, 6.07) is 5.59. The molecule has 0 bridgehead atoms. The number of amides is 2. The second kappa shape index (κ2) is 10.0. The quantitative estimate of drug-likeness (QED) is 0.738. The summed E-state index contributed by atoms with van der Waals surface area (Å²) < 4.78 is 0. The van der Waals surface area contributed by atoms with Gasteiger partial charge in [0.1, 0.15) is 0 Å². The molecule has 1 aliphatic heterocycles. The Morgan fingerprint density at radius 3 is 2.53 bits per heavy atom. The highest BCUT2D eigenvalue weighted by atomic mass is 32.1. The fraction of sp³-hybridized carbons (Fsp3) is 0.500. The molecule has 1 unspecified atom stereocenters. The average molecular weight is 430 g/mol. The highest BCUT2D eigenvalue weighted by molar-refractivity contribution is 7.13. The Bertz CT molecular complexity index is 877. The molecule has 1 fully saturated rings. The Balaban J connectivity index is 1.48. The van der Waals surface area contributed by atoms with Crippen molar-refractivity contribution in [3.8, 4) is 0 Å². The van der Waals surface area contributed by atoms with E-state index in [9.17, 15) is 9.59 Å². The smallest absolute Gasteiger partial charge is 0.243 e. The molecular weight excluding hydrogens is 398 g/mol. The molecule has 1 atom stereocenters. The second-order valence-corrected chi connectivity index (χ2v) is 8.69. The number of hydrogen-bond donors (Lipinski definition) is 2. The Hall–Kier alpha value is -2.45. The van der Waals surface area contributed by atoms with E-state index in [1.54, 1.807) is 11.3 Å². The number of anilines is 2. The van der Waals surface area contributed by atoms with Crippen LogP contribution in [-0.4, -0.2) is 60.5 Å². The molecule has 0 saturated carbocycles. The van der Waals surface area contributed by atoms with Crippen LogP contribution in [0.3, 0.4) is 0 Å². The molecule has 8 heteroatoms. The maximum absolute atomic E-state index is 12.6. The average Bonchev–Trinajstić information content (AvgIpc) is 3.00. The third-order valence-electron chi connectivity index (χ3n) is 5.50. The van der Waals surface area contributed by atoms with Crippen molar-refractivity contribution in [3.63, 3.8) is 0 Å². The molecule has 0 spiro atoms. The predicted molar refractivity (Wildman–Crippen MR) is 122 cm³/mol. The zero-order valence-corrected chi connectivity index (χ0v) is 19.0. The SMILES string of the molecule is Cc1csc(N2CCCN(C(C)C(=O)NCC(=O)Nc3c(C)cccc3C)CC2)n1. The first-order valence-electron chi connectivity index (χ1n) is 10.4. The van der Waals surface area contributed by atoms with Crippen LogP contribution in [0, 0.1) is 20.8 Å². The van der Waals surface area contributed by atoms with Crippen LogP contribution in [0.1, 0.15) is 30.2 Å². The van der Waals surface area contributed by atoms with E-state index in [-0.39, 0.29) is 24.4 Å². The molecule has 1 aromatic heterocycles. The van der Waals surface area contributed by atoms with Crippen molar-refractivity contribution in [1.29, 1.82) is 0 Å². The first kappa shape index (κ1) is 22.2. The molecule has 162 valence electrons. The minimum absolute atomic E-state index is 0.0324. The molecule has 2 aromatic rings. The summed E-state index contributed by atoms with van der Waals surface area (Å²) in [5.74, 6) is -0.334. The minimum Gasteiger partial charge on any atom is -0.347 e. The predicted octanol–water partition coefficient (Wildman–Crippen LogP) is 2.72. The summed E-state index contributed by atoms with van der Waals surface area (Å²) >= 11 is 1.67. The van der Waals surface area contributed by atoms with Crippen LogP contribution >= 0.6 is 11.3 Å². The van der Waals surface area contributed by atoms with Crippen molar-refractivity contribution in [2.45, 2.75) is 40.2 Å². The van der Waals surface area contributed by atoms with Gasteiger partial charge in [0.2, 0.25) is 11.8 Å². The van der Waals surface area contributed by atoms with E-state index in [1.807, 2.05) is 45.9 Å². The first-order chi connectivity index (χ1) is 14.3. The third-order valence-corrected chi connectivity index (χ3v) is 6.52. The molecule has 3 rings (SSSR count). The molecule has 2 N–H and O–H groups in total. The maximum Gasteiger partial charge on any atom is 0.243 e. The number of nitrogens with one attached hydrogen (secondary N) is 2. The van der Waals surface area contributed by atoms with Crippen molar-refractivity contribution in [3.05, 3.63) is 40.4 Å². The number of benzene rings is 1. The van der Waals surface area contributed by atoms with Crippen molar-refractivity contribution < 1.29 is 9.59 Å². The van der Waals surface area contributed by atoms with Gasteiger partial charge in [-0.25, -0.2) is 4.98 Å². The number of nitrogens with zero attached hydrogens (tertiary/aromatic N) is 3. The third kappa shape index (κ3) is 5.58. The fourth-order valence-corrected chi connectivity index (χ4v) is 4.54. The van der Waals surface area contributed by atoms with Crippen LogP contribution in [-0.2, 0) is 9.59 Å². The van der Waals surface area contributed by atoms with Crippen molar-refractivity contribution in [2.75, 3.05) is 42.9 Å². The number of thiazole rings is 1. The number of rotatable bonds is 6. The van der Waals surface area contributed by atoms with E-state index in [0.29, 0.717) is 0 Å². The van der Waals surface area contributed by atoms with E-state index < -0.39 is 0 Å². The highest BCUT2D eigenvalue weighted by Gasteiger charge is 2.25. The molecule has 2 heterocycles. The summed E-state index contributed by atoms with van der Waals surface area (Å²) in [7, 11) is 0. The number of para-hydroxylation sites is 1. The lowest BCUT2D eigenvalue weighted by Gasteiger charge is -2.26. The molecule has 7 nitrogen and oxygen atoms in total. The van der Waals surface area contributed by atoms with Gasteiger partial charge in [0.05, 0.1) is 18.3 Å². The molecular formula is C22H31N5O2S. The molecule has 1 saturated heterocycles. The summed E-state index contributed by atoms with van der Waals surface area (Å²) in [6.07, 6.45) is 0.975. The number of aromatic nitrogens is 1. The molecule has 0 aliphatic carbocycles. The lowest BCUT2D eigenvalue weighted by molar-refractivity contribution is -0.127. The number of hydrogen-bond acceptors (Lipinski definition) is 6. The van der Waals surface area contributed by atoms with E-state index in [2.05, 4.69) is 30.8 Å². The van der Waals surface area contributed by atoms with Gasteiger partial charge in [-0.15, -0.1) is 11.3 Å². The molecule has 1 aliphatic rings. The van der Waals surface area contributed by atoms with Crippen LogP contribution in [0.4, 0.5) is 10.8 Å². The van der Waals surface area contributed by atoms with E-state index in [1.165, 1.54) is 0 Å². The van der Waals surface area contributed by atoms with Gasteiger partial charge >= 0.3 is 0 Å². The van der Waals surface area contributed by atoms with Gasteiger partial charge in [0.25, 0.3) is 0 Å². The highest BCUT2D eigenvalue weighted by Crippen LogP contribution is 2.22. The lowest BCUT2D eigenvalue weighted by atomic mass is 10.1. The van der Waals surface area contributed by atoms with Gasteiger partial charge in [-0.3, -0.25) is 14.5 Å². The topological polar surface area (TPSA) is 77.6 Å². The van der Waals surface area contributed by atoms with Crippen LogP contribution in [0.25, 0.3) is 0 Å². The summed E-state index contributed by atoms with van der Waals surface area (Å²) in [5.41, 5.74) is 3.87. The summed E-state index contributed by atoms with van der Waals surface area (Å²) in [4.78, 5) is 34.0. The largest absolute Gasteiger partial charge is 0.347 e. The fourth-order valence-electron chi connectivity index (χ4n) is 3.68. The van der Waals surface area contributed by atoms with Gasteiger partial charge in [0.15, 0.2) is 5.13 Å². The number of carbonyl (C=O) groups is 2. The summed E-state index contributed by atoms with van der Waals surface area (Å²) in [5, 5.41) is 8.81. The van der Waals surface area contributed by atoms with Gasteiger partial charge in [-0.1, -0.05) is 18.2 Å². The van der Waals surface area contributed by atoms with E-state index in [4.69, 9.17) is 0 Å². The van der Waals surface area contributed by atoms with Crippen LogP contribution in [0.2, 0.25) is 0 Å². The first-order valence-corrected chi connectivity index (χ1v) is 11.3. The van der Waals surface area contributed by atoms with Crippen LogP contribution < -0.4 is 15.5 Å². The standard InChI is InChI=1S/C22H31N5O2S/c1-15-7-5-8-16(2)20(15)25-19(28)13-23-21(29)18(4)26-9-6-10-27(12-11-26)22-24-17(3)14-30-22/h5,7-8,14,18H,6,9-13H2,1-4H3,(H,23,29)(H,25,28). The van der Waals surface area contributed by atoms with Crippen molar-refractivity contribution in [1.82, 2.24) is 15.2 Å². The molecule has 2 amide bonds. The van der Waals surface area contributed by atoms with Crippen LogP contribution in [0.5, 0.6) is 0 Å². The Labute approximate surface area is 182 Å². The monoisotopic (exact) mass is 429 g/mol. The maximum atomic E-state index is 12.6. The van der Waals surface area contributed by atoms with Crippen molar-refractivity contribution >= 4 is 34.0 Å². The van der Waals surface area contributed by atoms with E-state index in [0.717, 1.165) is 60.2 Å². The lowest BCUT2D eigenvalue weighted by Crippen LogP contribution is -2.48. The summed E-state index contributed by atoms with van der Waals surface area (Å²) in [6.45, 7) is 11.2. The Morgan fingerprint density at radius 2 is 1.87 bits per heavy atom. The Kier molecular flexibility index (Phi) is 7.44. The molecule has 30 heavy (non-hydrogen) atoms. The zero-order valence-electron chi connectivity index (χ0n) is 18.2. The van der Waals surface area contributed by atoms with Gasteiger partial charge < -0.3 is 15.5 Å². The van der Waals surface area contributed by atoms with E-state index >= 15 is 0 Å². The van der Waals surface area contributed by atoms with Gasteiger partial charge in [0, 0.05) is 37.2 Å². The minimum atomic E-state index is -0.282. The second-order valence-electron chi connectivity index (χ2n) is 7.86. The van der Waals surface area contributed by atoms with Crippen LogP contribution in [0.15, 0.2) is 23.6 Å². The zero-order chi connectivity index (χ0) is 21.7. The van der Waals surface area contributed by atoms with Crippen molar-refractivity contribution in [2.24, 2.45) is 0 Å². The Morgan fingerprint density at radius 1 is 1.13 bits per heavy atom. The number of aryl methyl sites for hydroxylation is 3. The molecule has 0 radical (unpaired) electrons. The number of carbonyl (C=O) groups excluding carboxylic acids is 2.